The van der Waals surface area contributed by atoms with Crippen molar-refractivity contribution in [3.05, 3.63) is 16.1 Å². The highest BCUT2D eigenvalue weighted by Crippen LogP contribution is 2.46. The average Bonchev–Trinajstić information content (AvgIpc) is 2.77. The van der Waals surface area contributed by atoms with E-state index in [1.165, 1.54) is 4.88 Å². The second-order valence-electron chi connectivity index (χ2n) is 6.56. The second-order valence-corrected chi connectivity index (χ2v) is 7.50. The molecule has 0 unspecified atom stereocenters. The standard InChI is InChI=1S/C15H26N4S/c1-7-16-13(17-8-12-11(2)18-10-20-12)19-9-14(3,4)15(19,5)6/h10H,7-9H2,1-6H3,(H,16,17). The van der Waals surface area contributed by atoms with Crippen LogP contribution in [0.3, 0.4) is 0 Å². The topological polar surface area (TPSA) is 40.5 Å². The van der Waals surface area contributed by atoms with Crippen LogP contribution in [0.25, 0.3) is 0 Å². The summed E-state index contributed by atoms with van der Waals surface area (Å²) in [5.74, 6) is 1.02. The summed E-state index contributed by atoms with van der Waals surface area (Å²) >= 11 is 1.68. The first kappa shape index (κ1) is 15.3. The molecule has 2 heterocycles. The Bertz CT molecular complexity index is 502. The number of hydrogen-bond donors (Lipinski definition) is 1. The highest BCUT2D eigenvalue weighted by Gasteiger charge is 2.53. The molecule has 0 spiro atoms. The fourth-order valence-electron chi connectivity index (χ4n) is 2.42. The van der Waals surface area contributed by atoms with Gasteiger partial charge in [0.25, 0.3) is 0 Å². The Morgan fingerprint density at radius 3 is 2.60 bits per heavy atom. The fraction of sp³-hybridized carbons (Fsp3) is 0.733. The molecule has 1 aromatic heterocycles. The zero-order valence-electron chi connectivity index (χ0n) is 13.4. The number of aliphatic imine (C=N–C) groups is 1. The number of nitrogens with one attached hydrogen (secondary N) is 1. The summed E-state index contributed by atoms with van der Waals surface area (Å²) < 4.78 is 0. The van der Waals surface area contributed by atoms with Gasteiger partial charge in [0.15, 0.2) is 5.96 Å². The maximum atomic E-state index is 4.80. The minimum atomic E-state index is 0.136. The average molecular weight is 294 g/mol. The van der Waals surface area contributed by atoms with Gasteiger partial charge in [-0.05, 0) is 27.7 Å². The lowest BCUT2D eigenvalue weighted by atomic mass is 9.65. The van der Waals surface area contributed by atoms with Gasteiger partial charge in [0.05, 0.1) is 17.7 Å². The largest absolute Gasteiger partial charge is 0.356 e. The third kappa shape index (κ3) is 2.55. The van der Waals surface area contributed by atoms with E-state index in [1.54, 1.807) is 11.3 Å². The molecule has 0 atom stereocenters. The monoisotopic (exact) mass is 294 g/mol. The maximum absolute atomic E-state index is 4.80. The minimum absolute atomic E-state index is 0.136. The van der Waals surface area contributed by atoms with Crippen LogP contribution < -0.4 is 5.32 Å². The zero-order chi connectivity index (χ0) is 15.0. The number of hydrogen-bond acceptors (Lipinski definition) is 3. The van der Waals surface area contributed by atoms with Crippen molar-refractivity contribution in [3.63, 3.8) is 0 Å². The number of likely N-dealkylation sites (tertiary alicyclic amines) is 1. The molecule has 1 aliphatic heterocycles. The molecule has 0 radical (unpaired) electrons. The van der Waals surface area contributed by atoms with Gasteiger partial charge in [-0.1, -0.05) is 13.8 Å². The van der Waals surface area contributed by atoms with Crippen molar-refractivity contribution in [1.82, 2.24) is 15.2 Å². The van der Waals surface area contributed by atoms with Crippen LogP contribution in [0.5, 0.6) is 0 Å². The molecule has 5 heteroatoms. The van der Waals surface area contributed by atoms with Gasteiger partial charge in [-0.15, -0.1) is 11.3 Å². The Labute approximate surface area is 126 Å². The fourth-order valence-corrected chi connectivity index (χ4v) is 3.12. The number of rotatable bonds is 3. The van der Waals surface area contributed by atoms with Crippen molar-refractivity contribution < 1.29 is 0 Å². The molecule has 0 saturated carbocycles. The van der Waals surface area contributed by atoms with Gasteiger partial charge >= 0.3 is 0 Å². The number of guanidine groups is 1. The lowest BCUT2D eigenvalue weighted by molar-refractivity contribution is -0.0667. The molecule has 0 aliphatic carbocycles. The first-order chi connectivity index (χ1) is 9.29. The molecule has 112 valence electrons. The molecule has 0 amide bonds. The Morgan fingerprint density at radius 1 is 1.45 bits per heavy atom. The predicted octanol–water partition coefficient (Wildman–Crippen LogP) is 3.04. The Hall–Kier alpha value is -1.10. The van der Waals surface area contributed by atoms with E-state index in [4.69, 9.17) is 4.99 Å². The van der Waals surface area contributed by atoms with Gasteiger partial charge in [-0.2, -0.15) is 0 Å². The van der Waals surface area contributed by atoms with Gasteiger partial charge in [0.1, 0.15) is 0 Å². The Morgan fingerprint density at radius 2 is 2.15 bits per heavy atom. The quantitative estimate of drug-likeness (QED) is 0.688. The van der Waals surface area contributed by atoms with Gasteiger partial charge in [-0.3, -0.25) is 0 Å². The zero-order valence-corrected chi connectivity index (χ0v) is 14.3. The van der Waals surface area contributed by atoms with E-state index in [2.05, 4.69) is 49.8 Å². The number of thiazole rings is 1. The molecule has 1 fully saturated rings. The van der Waals surface area contributed by atoms with Gasteiger partial charge < -0.3 is 10.2 Å². The van der Waals surface area contributed by atoms with E-state index >= 15 is 0 Å². The van der Waals surface area contributed by atoms with Crippen molar-refractivity contribution in [1.29, 1.82) is 0 Å². The third-order valence-electron chi connectivity index (χ3n) is 4.69. The second kappa shape index (κ2) is 5.35. The van der Waals surface area contributed by atoms with E-state index in [9.17, 15) is 0 Å². The summed E-state index contributed by atoms with van der Waals surface area (Å²) in [5.41, 5.74) is 3.45. The summed E-state index contributed by atoms with van der Waals surface area (Å²) in [7, 11) is 0. The molecular formula is C15H26N4S. The molecule has 2 rings (SSSR count). The number of aromatic nitrogens is 1. The molecule has 1 aliphatic rings. The molecule has 20 heavy (non-hydrogen) atoms. The van der Waals surface area contributed by atoms with E-state index in [-0.39, 0.29) is 5.54 Å². The SMILES string of the molecule is CCNC(=NCc1scnc1C)N1CC(C)(C)C1(C)C. The highest BCUT2D eigenvalue weighted by molar-refractivity contribution is 7.09. The minimum Gasteiger partial charge on any atom is -0.356 e. The summed E-state index contributed by atoms with van der Waals surface area (Å²) in [6, 6.07) is 0. The van der Waals surface area contributed by atoms with Crippen LogP contribution in [0.15, 0.2) is 10.5 Å². The molecule has 1 saturated heterocycles. The lowest BCUT2D eigenvalue weighted by Gasteiger charge is -2.62. The normalized spacial score (nSPS) is 20.7. The molecule has 1 N–H and O–H groups in total. The first-order valence-electron chi connectivity index (χ1n) is 7.24. The van der Waals surface area contributed by atoms with Gasteiger partial charge in [0.2, 0.25) is 0 Å². The van der Waals surface area contributed by atoms with Crippen LogP contribution in [0, 0.1) is 12.3 Å². The summed E-state index contributed by atoms with van der Waals surface area (Å²) in [6.45, 7) is 16.0. The van der Waals surface area contributed by atoms with E-state index in [0.29, 0.717) is 12.0 Å². The van der Waals surface area contributed by atoms with E-state index in [1.807, 2.05) is 12.4 Å². The predicted molar refractivity (Wildman–Crippen MR) is 86.2 cm³/mol. The summed E-state index contributed by atoms with van der Waals surface area (Å²) in [4.78, 5) is 12.7. The number of aryl methyl sites for hydroxylation is 1. The smallest absolute Gasteiger partial charge is 0.194 e. The molecule has 0 bridgehead atoms. The third-order valence-corrected chi connectivity index (χ3v) is 5.61. The van der Waals surface area contributed by atoms with Crippen molar-refractivity contribution in [2.45, 2.75) is 53.6 Å². The van der Waals surface area contributed by atoms with E-state index < -0.39 is 0 Å². The van der Waals surface area contributed by atoms with Gasteiger partial charge in [0, 0.05) is 28.9 Å². The van der Waals surface area contributed by atoms with Crippen LogP contribution >= 0.6 is 11.3 Å². The summed E-state index contributed by atoms with van der Waals surface area (Å²) in [6.07, 6.45) is 0. The maximum Gasteiger partial charge on any atom is 0.194 e. The van der Waals surface area contributed by atoms with E-state index in [0.717, 1.165) is 24.7 Å². The van der Waals surface area contributed by atoms with Crippen LogP contribution in [0.2, 0.25) is 0 Å². The lowest BCUT2D eigenvalue weighted by Crippen LogP contribution is -2.72. The number of nitrogens with zero attached hydrogens (tertiary/aromatic N) is 3. The Kier molecular flexibility index (Phi) is 4.09. The van der Waals surface area contributed by atoms with Crippen molar-refractivity contribution in [3.8, 4) is 0 Å². The molecule has 4 nitrogen and oxygen atoms in total. The van der Waals surface area contributed by atoms with Crippen LogP contribution in [-0.2, 0) is 6.54 Å². The van der Waals surface area contributed by atoms with Crippen LogP contribution in [-0.4, -0.2) is 34.5 Å². The van der Waals surface area contributed by atoms with Crippen LogP contribution in [0.4, 0.5) is 0 Å². The van der Waals surface area contributed by atoms with Gasteiger partial charge in [-0.25, -0.2) is 9.98 Å². The van der Waals surface area contributed by atoms with Crippen molar-refractivity contribution in [2.24, 2.45) is 10.4 Å². The molecule has 1 aromatic rings. The van der Waals surface area contributed by atoms with Crippen molar-refractivity contribution in [2.75, 3.05) is 13.1 Å². The van der Waals surface area contributed by atoms with Crippen LogP contribution in [0.1, 0.15) is 45.2 Å². The first-order valence-corrected chi connectivity index (χ1v) is 8.12. The summed E-state index contributed by atoms with van der Waals surface area (Å²) in [5, 5.41) is 3.42. The molecule has 0 aromatic carbocycles. The Balaban J connectivity index is 2.14. The highest BCUT2D eigenvalue weighted by atomic mass is 32.1. The molecular weight excluding hydrogens is 268 g/mol. The van der Waals surface area contributed by atoms with Crippen molar-refractivity contribution >= 4 is 17.3 Å².